The van der Waals surface area contributed by atoms with Gasteiger partial charge in [-0.3, -0.25) is 0 Å². The first-order valence-corrected chi connectivity index (χ1v) is 4.34. The molecule has 0 amide bonds. The highest BCUT2D eigenvalue weighted by atomic mass is 16.5. The van der Waals surface area contributed by atoms with Gasteiger partial charge in [0.05, 0.1) is 6.61 Å². The number of nitrogens with two attached hydrogens (primary N) is 1. The van der Waals surface area contributed by atoms with Crippen LogP contribution < -0.4 is 5.73 Å². The molecule has 2 N–H and O–H groups in total. The van der Waals surface area contributed by atoms with Crippen molar-refractivity contribution in [3.05, 3.63) is 11.3 Å². The van der Waals surface area contributed by atoms with E-state index in [9.17, 15) is 4.79 Å². The number of hydrogen-bond acceptors (Lipinski definition) is 3. The van der Waals surface area contributed by atoms with E-state index in [2.05, 4.69) is 0 Å². The molecule has 13 heavy (non-hydrogen) atoms. The maximum atomic E-state index is 11.2. The summed E-state index contributed by atoms with van der Waals surface area (Å²) in [4.78, 5) is 11.2. The number of hydrogen-bond donors (Lipinski definition) is 1. The molecular formula is C10H19NO2. The lowest BCUT2D eigenvalue weighted by molar-refractivity contribution is -0.141. The van der Waals surface area contributed by atoms with E-state index in [1.165, 1.54) is 0 Å². The molecule has 0 aromatic heterocycles. The average Bonchev–Trinajstić information content (AvgIpc) is 1.97. The fourth-order valence-corrected chi connectivity index (χ4v) is 0.564. The normalized spacial score (nSPS) is 10.8. The third-order valence-electron chi connectivity index (χ3n) is 1.39. The van der Waals surface area contributed by atoms with Gasteiger partial charge in [-0.1, -0.05) is 20.8 Å². The predicted molar refractivity (Wildman–Crippen MR) is 53.0 cm³/mol. The van der Waals surface area contributed by atoms with Gasteiger partial charge in [0.2, 0.25) is 0 Å². The summed E-state index contributed by atoms with van der Waals surface area (Å²) in [6.45, 7) is 9.96. The van der Waals surface area contributed by atoms with Gasteiger partial charge in [0.25, 0.3) is 0 Å². The monoisotopic (exact) mass is 185 g/mol. The van der Waals surface area contributed by atoms with Gasteiger partial charge in [-0.25, -0.2) is 4.79 Å². The number of esters is 1. The highest BCUT2D eigenvalue weighted by Crippen LogP contribution is 2.13. The van der Waals surface area contributed by atoms with Gasteiger partial charge in [-0.05, 0) is 24.8 Å². The van der Waals surface area contributed by atoms with Crippen molar-refractivity contribution in [2.45, 2.75) is 34.6 Å². The van der Waals surface area contributed by atoms with Crippen LogP contribution in [0.15, 0.2) is 11.3 Å². The molecule has 0 bridgehead atoms. The van der Waals surface area contributed by atoms with Gasteiger partial charge in [0, 0.05) is 0 Å². The first-order chi connectivity index (χ1) is 5.74. The highest BCUT2D eigenvalue weighted by Gasteiger charge is 2.15. The van der Waals surface area contributed by atoms with Crippen molar-refractivity contribution < 1.29 is 9.53 Å². The Bertz CT molecular complexity index is 220. The van der Waals surface area contributed by atoms with Crippen molar-refractivity contribution in [1.82, 2.24) is 0 Å². The largest absolute Gasteiger partial charge is 0.460 e. The summed E-state index contributed by atoms with van der Waals surface area (Å²) in [7, 11) is 0. The van der Waals surface area contributed by atoms with Gasteiger partial charge < -0.3 is 10.5 Å². The van der Waals surface area contributed by atoms with E-state index in [4.69, 9.17) is 10.5 Å². The van der Waals surface area contributed by atoms with E-state index in [-0.39, 0.29) is 11.1 Å². The van der Waals surface area contributed by atoms with Gasteiger partial charge in [-0.2, -0.15) is 0 Å². The van der Waals surface area contributed by atoms with Crippen LogP contribution in [0, 0.1) is 5.41 Å². The zero-order valence-corrected chi connectivity index (χ0v) is 9.10. The Balaban J connectivity index is 4.12. The molecule has 0 spiro atoms. The molecule has 0 saturated heterocycles. The minimum atomic E-state index is -0.421. The minimum absolute atomic E-state index is 0.0163. The standard InChI is InChI=1S/C10H19NO2/c1-7(2)8(11)9(12)13-6-10(3,4)5/h6,11H2,1-5H3. The summed E-state index contributed by atoms with van der Waals surface area (Å²) >= 11 is 0. The fourth-order valence-electron chi connectivity index (χ4n) is 0.564. The molecule has 0 aromatic rings. The van der Waals surface area contributed by atoms with Crippen LogP contribution in [-0.4, -0.2) is 12.6 Å². The summed E-state index contributed by atoms with van der Waals surface area (Å²) < 4.78 is 5.01. The molecule has 0 aromatic carbocycles. The topological polar surface area (TPSA) is 52.3 Å². The molecule has 0 rings (SSSR count). The molecule has 0 saturated carbocycles. The van der Waals surface area contributed by atoms with Crippen molar-refractivity contribution in [2.75, 3.05) is 6.61 Å². The molecule has 0 unspecified atom stereocenters. The Hall–Kier alpha value is -0.990. The second kappa shape index (κ2) is 4.30. The summed E-state index contributed by atoms with van der Waals surface area (Å²) in [5.41, 5.74) is 6.48. The van der Waals surface area contributed by atoms with Crippen molar-refractivity contribution >= 4 is 5.97 Å². The third-order valence-corrected chi connectivity index (χ3v) is 1.39. The van der Waals surface area contributed by atoms with Crippen molar-refractivity contribution in [2.24, 2.45) is 11.1 Å². The van der Waals surface area contributed by atoms with Gasteiger partial charge in [-0.15, -0.1) is 0 Å². The Kier molecular flexibility index (Phi) is 3.98. The first kappa shape index (κ1) is 12.0. The molecule has 3 heteroatoms. The second-order valence-electron chi connectivity index (χ2n) is 4.55. The van der Waals surface area contributed by atoms with E-state index >= 15 is 0 Å². The van der Waals surface area contributed by atoms with Crippen LogP contribution in [0.25, 0.3) is 0 Å². The van der Waals surface area contributed by atoms with E-state index in [1.54, 1.807) is 13.8 Å². The fraction of sp³-hybridized carbons (Fsp3) is 0.700. The quantitative estimate of drug-likeness (QED) is 0.527. The van der Waals surface area contributed by atoms with Crippen LogP contribution >= 0.6 is 0 Å². The molecule has 0 atom stereocenters. The van der Waals surface area contributed by atoms with Crippen LogP contribution in [0.2, 0.25) is 0 Å². The number of carbonyl (C=O) groups excluding carboxylic acids is 1. The van der Waals surface area contributed by atoms with Gasteiger partial charge in [0.1, 0.15) is 5.70 Å². The summed E-state index contributed by atoms with van der Waals surface area (Å²) in [5.74, 6) is -0.421. The van der Waals surface area contributed by atoms with E-state index < -0.39 is 5.97 Å². The molecule has 0 aliphatic carbocycles. The number of carbonyl (C=O) groups is 1. The van der Waals surface area contributed by atoms with Crippen LogP contribution in [0.1, 0.15) is 34.6 Å². The lowest BCUT2D eigenvalue weighted by Crippen LogP contribution is -2.22. The lowest BCUT2D eigenvalue weighted by atomic mass is 9.99. The molecule has 0 radical (unpaired) electrons. The van der Waals surface area contributed by atoms with Crippen molar-refractivity contribution in [3.63, 3.8) is 0 Å². The Morgan fingerprint density at radius 1 is 1.31 bits per heavy atom. The Morgan fingerprint density at radius 2 is 1.77 bits per heavy atom. The smallest absolute Gasteiger partial charge is 0.354 e. The molecule has 0 aliphatic rings. The van der Waals surface area contributed by atoms with Crippen LogP contribution in [-0.2, 0) is 9.53 Å². The number of allylic oxidation sites excluding steroid dienone is 1. The predicted octanol–water partition coefficient (Wildman–Crippen LogP) is 1.83. The summed E-state index contributed by atoms with van der Waals surface area (Å²) in [5, 5.41) is 0. The van der Waals surface area contributed by atoms with E-state index in [1.807, 2.05) is 20.8 Å². The molecule has 0 heterocycles. The van der Waals surface area contributed by atoms with E-state index in [0.717, 1.165) is 5.57 Å². The minimum Gasteiger partial charge on any atom is -0.460 e. The van der Waals surface area contributed by atoms with Gasteiger partial charge >= 0.3 is 5.97 Å². The second-order valence-corrected chi connectivity index (χ2v) is 4.55. The molecular weight excluding hydrogens is 166 g/mol. The molecule has 76 valence electrons. The van der Waals surface area contributed by atoms with Crippen LogP contribution in [0.5, 0.6) is 0 Å². The highest BCUT2D eigenvalue weighted by molar-refractivity contribution is 5.88. The number of ether oxygens (including phenoxy) is 1. The Morgan fingerprint density at radius 3 is 2.08 bits per heavy atom. The van der Waals surface area contributed by atoms with Crippen molar-refractivity contribution in [1.29, 1.82) is 0 Å². The SMILES string of the molecule is CC(C)=C(N)C(=O)OCC(C)(C)C. The first-order valence-electron chi connectivity index (χ1n) is 4.34. The maximum Gasteiger partial charge on any atom is 0.354 e. The zero-order valence-electron chi connectivity index (χ0n) is 9.10. The molecule has 0 aliphatic heterocycles. The Labute approximate surface area is 79.9 Å². The van der Waals surface area contributed by atoms with Crippen LogP contribution in [0.3, 0.4) is 0 Å². The van der Waals surface area contributed by atoms with Gasteiger partial charge in [0.15, 0.2) is 0 Å². The number of rotatable bonds is 2. The summed E-state index contributed by atoms with van der Waals surface area (Å²) in [6, 6.07) is 0. The van der Waals surface area contributed by atoms with Crippen LogP contribution in [0.4, 0.5) is 0 Å². The third kappa shape index (κ3) is 5.28. The lowest BCUT2D eigenvalue weighted by Gasteiger charge is -2.17. The zero-order chi connectivity index (χ0) is 10.6. The van der Waals surface area contributed by atoms with Crippen molar-refractivity contribution in [3.8, 4) is 0 Å². The molecule has 3 nitrogen and oxygen atoms in total. The summed E-state index contributed by atoms with van der Waals surface area (Å²) in [6.07, 6.45) is 0. The van der Waals surface area contributed by atoms with E-state index in [0.29, 0.717) is 6.61 Å². The maximum absolute atomic E-state index is 11.2. The molecule has 0 fully saturated rings. The average molecular weight is 185 g/mol.